The lowest BCUT2D eigenvalue weighted by molar-refractivity contribution is 0.0637. The van der Waals surface area contributed by atoms with Crippen LogP contribution in [0.2, 0.25) is 0 Å². The van der Waals surface area contributed by atoms with Crippen molar-refractivity contribution in [3.05, 3.63) is 65.5 Å². The molecule has 1 aromatic carbocycles. The van der Waals surface area contributed by atoms with Gasteiger partial charge >= 0.3 is 0 Å². The van der Waals surface area contributed by atoms with Gasteiger partial charge < -0.3 is 15.1 Å². The van der Waals surface area contributed by atoms with Crippen LogP contribution in [0.15, 0.2) is 48.7 Å². The Morgan fingerprint density at radius 3 is 2.52 bits per heavy atom. The zero-order valence-corrected chi connectivity index (χ0v) is 15.7. The number of hydrogen-bond acceptors (Lipinski definition) is 4. The van der Waals surface area contributed by atoms with E-state index in [1.165, 1.54) is 11.8 Å². The molecular formula is C21H26N4O2. The summed E-state index contributed by atoms with van der Waals surface area (Å²) in [6.07, 6.45) is 2.30. The number of piperazine rings is 1. The molecule has 2 aromatic rings. The normalized spacial score (nSPS) is 14.8. The molecule has 2 amide bonds. The number of carbonyl (C=O) groups excluding carboxylic acids is 2. The van der Waals surface area contributed by atoms with Gasteiger partial charge in [-0.1, -0.05) is 37.3 Å². The highest BCUT2D eigenvalue weighted by atomic mass is 16.2. The molecule has 1 N–H and O–H groups in total. The lowest BCUT2D eigenvalue weighted by atomic mass is 10.1. The smallest absolute Gasteiger partial charge is 0.272 e. The van der Waals surface area contributed by atoms with Crippen molar-refractivity contribution >= 4 is 11.8 Å². The van der Waals surface area contributed by atoms with Gasteiger partial charge in [-0.15, -0.1) is 0 Å². The van der Waals surface area contributed by atoms with Crippen LogP contribution in [0.3, 0.4) is 0 Å². The highest BCUT2D eigenvalue weighted by Crippen LogP contribution is 2.09. The third kappa shape index (κ3) is 5.14. The summed E-state index contributed by atoms with van der Waals surface area (Å²) in [6.45, 7) is 6.82. The molecule has 1 saturated heterocycles. The first-order chi connectivity index (χ1) is 13.2. The van der Waals surface area contributed by atoms with Gasteiger partial charge in [0, 0.05) is 44.5 Å². The van der Waals surface area contributed by atoms with Gasteiger partial charge in [0.1, 0.15) is 5.69 Å². The molecule has 27 heavy (non-hydrogen) atoms. The van der Waals surface area contributed by atoms with Gasteiger partial charge in [0.05, 0.1) is 0 Å². The molecule has 0 radical (unpaired) electrons. The fraction of sp³-hybridized carbons (Fsp3) is 0.381. The third-order valence-electron chi connectivity index (χ3n) is 4.89. The summed E-state index contributed by atoms with van der Waals surface area (Å²) >= 11 is 0. The lowest BCUT2D eigenvalue weighted by Gasteiger charge is -2.33. The fourth-order valence-electron chi connectivity index (χ4n) is 3.19. The molecular weight excluding hydrogens is 340 g/mol. The maximum absolute atomic E-state index is 12.7. The second-order valence-corrected chi connectivity index (χ2v) is 6.65. The number of amides is 2. The van der Waals surface area contributed by atoms with E-state index in [-0.39, 0.29) is 11.8 Å². The number of nitrogens with zero attached hydrogens (tertiary/aromatic N) is 3. The van der Waals surface area contributed by atoms with Crippen molar-refractivity contribution in [2.45, 2.75) is 13.3 Å². The Morgan fingerprint density at radius 1 is 1.07 bits per heavy atom. The first kappa shape index (κ1) is 19.0. The molecule has 2 heterocycles. The molecule has 3 rings (SSSR count). The maximum atomic E-state index is 12.7. The van der Waals surface area contributed by atoms with E-state index in [2.05, 4.69) is 22.1 Å². The summed E-state index contributed by atoms with van der Waals surface area (Å²) in [6, 6.07) is 13.2. The molecule has 1 aliphatic heterocycles. The van der Waals surface area contributed by atoms with E-state index < -0.39 is 0 Å². The van der Waals surface area contributed by atoms with Crippen molar-refractivity contribution in [1.82, 2.24) is 20.1 Å². The highest BCUT2D eigenvalue weighted by Gasteiger charge is 2.22. The molecule has 0 spiro atoms. The molecule has 0 saturated carbocycles. The van der Waals surface area contributed by atoms with E-state index in [1.807, 2.05) is 35.2 Å². The Bertz CT molecular complexity index is 771. The van der Waals surface area contributed by atoms with Crippen LogP contribution >= 0.6 is 0 Å². The number of benzene rings is 1. The van der Waals surface area contributed by atoms with Crippen LogP contribution in [-0.2, 0) is 6.42 Å². The molecule has 0 unspecified atom stereocenters. The van der Waals surface area contributed by atoms with Gasteiger partial charge in [-0.05, 0) is 30.7 Å². The van der Waals surface area contributed by atoms with Crippen molar-refractivity contribution in [3.8, 4) is 0 Å². The number of carbonyl (C=O) groups is 2. The Kier molecular flexibility index (Phi) is 6.54. The number of rotatable bonds is 6. The van der Waals surface area contributed by atoms with Crippen LogP contribution in [-0.4, -0.2) is 65.9 Å². The molecule has 0 atom stereocenters. The van der Waals surface area contributed by atoms with E-state index in [0.29, 0.717) is 30.9 Å². The van der Waals surface area contributed by atoms with Crippen LogP contribution < -0.4 is 5.32 Å². The monoisotopic (exact) mass is 366 g/mol. The molecule has 1 aromatic heterocycles. The lowest BCUT2D eigenvalue weighted by Crippen LogP contribution is -2.48. The Morgan fingerprint density at radius 2 is 1.81 bits per heavy atom. The zero-order valence-electron chi connectivity index (χ0n) is 15.7. The maximum Gasteiger partial charge on any atom is 0.272 e. The number of pyridine rings is 1. The van der Waals surface area contributed by atoms with Gasteiger partial charge in [0.2, 0.25) is 0 Å². The summed E-state index contributed by atoms with van der Waals surface area (Å²) in [7, 11) is 0. The van der Waals surface area contributed by atoms with Crippen LogP contribution in [0.1, 0.15) is 33.3 Å². The number of aromatic nitrogens is 1. The third-order valence-corrected chi connectivity index (χ3v) is 4.89. The van der Waals surface area contributed by atoms with Crippen molar-refractivity contribution in [2.75, 3.05) is 39.3 Å². The predicted octanol–water partition coefficient (Wildman–Crippen LogP) is 1.83. The first-order valence-electron chi connectivity index (χ1n) is 9.47. The quantitative estimate of drug-likeness (QED) is 0.847. The fourth-order valence-corrected chi connectivity index (χ4v) is 3.19. The number of likely N-dealkylation sites (N-methyl/N-ethyl adjacent to an activating group) is 1. The van der Waals surface area contributed by atoms with E-state index >= 15 is 0 Å². The van der Waals surface area contributed by atoms with Crippen LogP contribution in [0.25, 0.3) is 0 Å². The Hall–Kier alpha value is -2.73. The second kappa shape index (κ2) is 9.28. The highest BCUT2D eigenvalue weighted by molar-refractivity contribution is 5.98. The van der Waals surface area contributed by atoms with E-state index in [4.69, 9.17) is 0 Å². The molecule has 1 aliphatic rings. The van der Waals surface area contributed by atoms with E-state index in [1.54, 1.807) is 12.1 Å². The number of hydrogen-bond donors (Lipinski definition) is 1. The summed E-state index contributed by atoms with van der Waals surface area (Å²) in [5, 5.41) is 2.91. The molecule has 0 bridgehead atoms. The average Bonchev–Trinajstić information content (AvgIpc) is 2.74. The van der Waals surface area contributed by atoms with Crippen LogP contribution in [0.5, 0.6) is 0 Å². The zero-order chi connectivity index (χ0) is 19.1. The van der Waals surface area contributed by atoms with Gasteiger partial charge in [-0.3, -0.25) is 14.6 Å². The average molecular weight is 366 g/mol. The van der Waals surface area contributed by atoms with Crippen LogP contribution in [0, 0.1) is 0 Å². The second-order valence-electron chi connectivity index (χ2n) is 6.65. The van der Waals surface area contributed by atoms with Gasteiger partial charge in [0.25, 0.3) is 11.8 Å². The summed E-state index contributed by atoms with van der Waals surface area (Å²) in [5.41, 5.74) is 1.97. The van der Waals surface area contributed by atoms with Crippen LogP contribution in [0.4, 0.5) is 0 Å². The standard InChI is InChI=1S/C21H26N4O2/c1-2-24-12-14-25(15-13-24)21(27)19-16-18(9-11-22-19)20(26)23-10-8-17-6-4-3-5-7-17/h3-7,9,11,16H,2,8,10,12-15H2,1H3,(H,23,26). The topological polar surface area (TPSA) is 65.5 Å². The molecule has 6 nitrogen and oxygen atoms in total. The summed E-state index contributed by atoms with van der Waals surface area (Å²) in [5.74, 6) is -0.289. The van der Waals surface area contributed by atoms with Crippen molar-refractivity contribution in [3.63, 3.8) is 0 Å². The number of nitrogens with one attached hydrogen (secondary N) is 1. The predicted molar refractivity (Wildman–Crippen MR) is 105 cm³/mol. The SMILES string of the molecule is CCN1CCN(C(=O)c2cc(C(=O)NCCc3ccccc3)ccn2)CC1. The summed E-state index contributed by atoms with van der Waals surface area (Å²) in [4.78, 5) is 33.4. The van der Waals surface area contributed by atoms with E-state index in [9.17, 15) is 9.59 Å². The Labute approximate surface area is 160 Å². The molecule has 1 fully saturated rings. The molecule has 0 aliphatic carbocycles. The minimum atomic E-state index is -0.182. The minimum Gasteiger partial charge on any atom is -0.352 e. The Balaban J connectivity index is 1.56. The van der Waals surface area contributed by atoms with Crippen molar-refractivity contribution in [1.29, 1.82) is 0 Å². The molecule has 6 heteroatoms. The van der Waals surface area contributed by atoms with Gasteiger partial charge in [-0.25, -0.2) is 0 Å². The minimum absolute atomic E-state index is 0.107. The van der Waals surface area contributed by atoms with Crippen molar-refractivity contribution < 1.29 is 9.59 Å². The first-order valence-corrected chi connectivity index (χ1v) is 9.47. The van der Waals surface area contributed by atoms with Gasteiger partial charge in [-0.2, -0.15) is 0 Å². The molecule has 142 valence electrons. The van der Waals surface area contributed by atoms with Gasteiger partial charge in [0.15, 0.2) is 0 Å². The summed E-state index contributed by atoms with van der Waals surface area (Å²) < 4.78 is 0. The van der Waals surface area contributed by atoms with E-state index in [0.717, 1.165) is 26.1 Å². The van der Waals surface area contributed by atoms with Crippen molar-refractivity contribution in [2.24, 2.45) is 0 Å². The largest absolute Gasteiger partial charge is 0.352 e.